The molecule has 1 saturated carbocycles. The van der Waals surface area contributed by atoms with Crippen LogP contribution >= 0.6 is 0 Å². The molecular weight excluding hydrogens is 224 g/mol. The number of hydrogen-bond donors (Lipinski definition) is 1. The maximum atomic E-state index is 13.2. The standard InChI is InChI=1S/C13H19F2NO/c1-10(17)12-4-6-16(9-12)8-11-3-2-5-13(14,15)7-11/h4,6,9-11,17H,2-3,5,7-8H2,1H3. The van der Waals surface area contributed by atoms with Gasteiger partial charge in [0.15, 0.2) is 0 Å². The Morgan fingerprint density at radius 3 is 2.94 bits per heavy atom. The summed E-state index contributed by atoms with van der Waals surface area (Å²) in [6, 6.07) is 1.84. The maximum Gasteiger partial charge on any atom is 0.248 e. The minimum absolute atomic E-state index is 0.00477. The molecule has 1 aromatic heterocycles. The number of aliphatic hydroxyl groups is 1. The number of aromatic nitrogens is 1. The Hall–Kier alpha value is -0.900. The lowest BCUT2D eigenvalue weighted by Gasteiger charge is -2.29. The normalized spacial score (nSPS) is 25.8. The van der Waals surface area contributed by atoms with Crippen LogP contribution in [0, 0.1) is 5.92 Å². The van der Waals surface area contributed by atoms with E-state index in [2.05, 4.69) is 0 Å². The number of aliphatic hydroxyl groups excluding tert-OH is 1. The van der Waals surface area contributed by atoms with Gasteiger partial charge in [0.25, 0.3) is 0 Å². The highest BCUT2D eigenvalue weighted by Gasteiger charge is 2.36. The van der Waals surface area contributed by atoms with Gasteiger partial charge in [0.2, 0.25) is 5.92 Å². The van der Waals surface area contributed by atoms with Gasteiger partial charge in [-0.05, 0) is 37.3 Å². The molecule has 2 atom stereocenters. The summed E-state index contributed by atoms with van der Waals surface area (Å²) in [6.45, 7) is 2.33. The fraction of sp³-hybridized carbons (Fsp3) is 0.692. The van der Waals surface area contributed by atoms with Gasteiger partial charge in [0.1, 0.15) is 0 Å². The Morgan fingerprint density at radius 1 is 1.59 bits per heavy atom. The van der Waals surface area contributed by atoms with E-state index >= 15 is 0 Å². The summed E-state index contributed by atoms with van der Waals surface area (Å²) >= 11 is 0. The third-order valence-corrected chi connectivity index (χ3v) is 3.47. The molecule has 1 aliphatic carbocycles. The van der Waals surface area contributed by atoms with Gasteiger partial charge in [-0.3, -0.25) is 0 Å². The van der Waals surface area contributed by atoms with Crippen LogP contribution in [0.2, 0.25) is 0 Å². The first-order valence-electron chi connectivity index (χ1n) is 6.18. The monoisotopic (exact) mass is 243 g/mol. The number of nitrogens with zero attached hydrogens (tertiary/aromatic N) is 1. The van der Waals surface area contributed by atoms with E-state index in [4.69, 9.17) is 0 Å². The number of hydrogen-bond acceptors (Lipinski definition) is 1. The van der Waals surface area contributed by atoms with Crippen LogP contribution in [-0.4, -0.2) is 15.6 Å². The van der Waals surface area contributed by atoms with Crippen LogP contribution < -0.4 is 0 Å². The van der Waals surface area contributed by atoms with Gasteiger partial charge in [-0.2, -0.15) is 0 Å². The van der Waals surface area contributed by atoms with Crippen LogP contribution in [0.25, 0.3) is 0 Å². The Labute approximate surface area is 100 Å². The molecule has 2 rings (SSSR count). The summed E-state index contributed by atoms with van der Waals surface area (Å²) in [4.78, 5) is 0. The van der Waals surface area contributed by atoms with Crippen molar-refractivity contribution < 1.29 is 13.9 Å². The van der Waals surface area contributed by atoms with E-state index in [1.807, 2.05) is 23.0 Å². The van der Waals surface area contributed by atoms with E-state index in [0.717, 1.165) is 12.0 Å². The Balaban J connectivity index is 1.95. The summed E-state index contributed by atoms with van der Waals surface area (Å²) in [7, 11) is 0. The molecule has 0 aliphatic heterocycles. The zero-order valence-electron chi connectivity index (χ0n) is 10.1. The van der Waals surface area contributed by atoms with Crippen LogP contribution in [0.5, 0.6) is 0 Å². The second-order valence-corrected chi connectivity index (χ2v) is 5.14. The lowest BCUT2D eigenvalue weighted by molar-refractivity contribution is -0.0547. The number of alkyl halides is 2. The van der Waals surface area contributed by atoms with Crippen molar-refractivity contribution in [3.05, 3.63) is 24.0 Å². The van der Waals surface area contributed by atoms with Crippen molar-refractivity contribution in [1.82, 2.24) is 4.57 Å². The largest absolute Gasteiger partial charge is 0.389 e. The summed E-state index contributed by atoms with van der Waals surface area (Å²) in [6.07, 6.45) is 4.72. The van der Waals surface area contributed by atoms with E-state index in [0.29, 0.717) is 13.0 Å². The first-order chi connectivity index (χ1) is 7.96. The second-order valence-electron chi connectivity index (χ2n) is 5.14. The maximum absolute atomic E-state index is 13.2. The fourth-order valence-corrected chi connectivity index (χ4v) is 2.55. The van der Waals surface area contributed by atoms with Crippen molar-refractivity contribution in [3.63, 3.8) is 0 Å². The highest BCUT2D eigenvalue weighted by atomic mass is 19.3. The molecule has 1 aromatic rings. The van der Waals surface area contributed by atoms with Gasteiger partial charge in [0.05, 0.1) is 6.10 Å². The molecule has 1 heterocycles. The van der Waals surface area contributed by atoms with E-state index in [9.17, 15) is 13.9 Å². The van der Waals surface area contributed by atoms with Crippen molar-refractivity contribution in [2.75, 3.05) is 0 Å². The highest BCUT2D eigenvalue weighted by molar-refractivity contribution is 5.12. The predicted octanol–water partition coefficient (Wildman–Crippen LogP) is 3.37. The first kappa shape index (κ1) is 12.6. The number of halogens is 2. The van der Waals surface area contributed by atoms with Crippen LogP contribution in [0.15, 0.2) is 18.5 Å². The molecule has 2 unspecified atom stereocenters. The summed E-state index contributed by atoms with van der Waals surface area (Å²) in [5, 5.41) is 9.39. The van der Waals surface area contributed by atoms with Gasteiger partial charge in [0, 0.05) is 31.8 Å². The van der Waals surface area contributed by atoms with E-state index in [1.165, 1.54) is 0 Å². The average Bonchev–Trinajstić information content (AvgIpc) is 2.64. The van der Waals surface area contributed by atoms with E-state index in [1.54, 1.807) is 6.92 Å². The lowest BCUT2D eigenvalue weighted by atomic mass is 9.86. The van der Waals surface area contributed by atoms with Crippen molar-refractivity contribution in [3.8, 4) is 0 Å². The zero-order chi connectivity index (χ0) is 12.5. The fourth-order valence-electron chi connectivity index (χ4n) is 2.55. The Kier molecular flexibility index (Phi) is 3.52. The minimum Gasteiger partial charge on any atom is -0.389 e. The average molecular weight is 243 g/mol. The van der Waals surface area contributed by atoms with Crippen LogP contribution in [-0.2, 0) is 6.54 Å². The van der Waals surface area contributed by atoms with E-state index < -0.39 is 12.0 Å². The third-order valence-electron chi connectivity index (χ3n) is 3.47. The molecule has 17 heavy (non-hydrogen) atoms. The van der Waals surface area contributed by atoms with Crippen molar-refractivity contribution >= 4 is 0 Å². The second kappa shape index (κ2) is 4.77. The molecule has 0 aromatic carbocycles. The van der Waals surface area contributed by atoms with Crippen LogP contribution in [0.3, 0.4) is 0 Å². The molecule has 2 nitrogen and oxygen atoms in total. The van der Waals surface area contributed by atoms with Crippen molar-refractivity contribution in [2.24, 2.45) is 5.92 Å². The highest BCUT2D eigenvalue weighted by Crippen LogP contribution is 2.37. The quantitative estimate of drug-likeness (QED) is 0.865. The molecular formula is C13H19F2NO. The molecule has 0 radical (unpaired) electrons. The molecule has 1 fully saturated rings. The van der Waals surface area contributed by atoms with Crippen LogP contribution in [0.4, 0.5) is 8.78 Å². The van der Waals surface area contributed by atoms with Crippen LogP contribution in [0.1, 0.15) is 44.3 Å². The smallest absolute Gasteiger partial charge is 0.248 e. The van der Waals surface area contributed by atoms with Gasteiger partial charge < -0.3 is 9.67 Å². The molecule has 1 N–H and O–H groups in total. The molecule has 4 heteroatoms. The Bertz CT molecular complexity index is 373. The minimum atomic E-state index is -2.48. The van der Waals surface area contributed by atoms with E-state index in [-0.39, 0.29) is 18.8 Å². The van der Waals surface area contributed by atoms with Gasteiger partial charge in [-0.25, -0.2) is 8.78 Å². The topological polar surface area (TPSA) is 25.2 Å². The first-order valence-corrected chi connectivity index (χ1v) is 6.18. The van der Waals surface area contributed by atoms with Crippen molar-refractivity contribution in [2.45, 2.75) is 51.2 Å². The van der Waals surface area contributed by atoms with Crippen molar-refractivity contribution in [1.29, 1.82) is 0 Å². The molecule has 0 bridgehead atoms. The SMILES string of the molecule is CC(O)c1ccn(CC2CCCC(F)(F)C2)c1. The summed E-state index contributed by atoms with van der Waals surface area (Å²) in [5.41, 5.74) is 0.840. The zero-order valence-corrected chi connectivity index (χ0v) is 10.1. The van der Waals surface area contributed by atoms with Gasteiger partial charge in [-0.15, -0.1) is 0 Å². The third kappa shape index (κ3) is 3.28. The molecule has 1 aliphatic rings. The molecule has 0 spiro atoms. The molecule has 96 valence electrons. The van der Waals surface area contributed by atoms with Gasteiger partial charge in [-0.1, -0.05) is 0 Å². The molecule has 0 amide bonds. The Morgan fingerprint density at radius 2 is 2.35 bits per heavy atom. The summed E-state index contributed by atoms with van der Waals surface area (Å²) in [5.74, 6) is -2.43. The summed E-state index contributed by atoms with van der Waals surface area (Å²) < 4.78 is 28.4. The lowest BCUT2D eigenvalue weighted by Crippen LogP contribution is -2.28. The molecule has 0 saturated heterocycles. The van der Waals surface area contributed by atoms with Gasteiger partial charge >= 0.3 is 0 Å². The number of rotatable bonds is 3. The predicted molar refractivity (Wildman–Crippen MR) is 62.0 cm³/mol.